The van der Waals surface area contributed by atoms with Crippen molar-refractivity contribution in [1.82, 2.24) is 15.1 Å². The van der Waals surface area contributed by atoms with Crippen LogP contribution < -0.4 is 5.32 Å². The quantitative estimate of drug-likeness (QED) is 0.752. The summed E-state index contributed by atoms with van der Waals surface area (Å²) in [5.41, 5.74) is -0.246. The predicted octanol–water partition coefficient (Wildman–Crippen LogP) is -0.0789. The maximum absolute atomic E-state index is 12.2. The first kappa shape index (κ1) is 14.0. The molecular weight excluding hydrogens is 218 g/mol. The van der Waals surface area contributed by atoms with Crippen molar-refractivity contribution in [2.24, 2.45) is 5.41 Å². The van der Waals surface area contributed by atoms with E-state index in [-0.39, 0.29) is 23.8 Å². The molecule has 0 radical (unpaired) electrons. The number of carbonyl (C=O) groups is 2. The Kier molecular flexibility index (Phi) is 4.14. The van der Waals surface area contributed by atoms with Crippen molar-refractivity contribution >= 4 is 11.8 Å². The summed E-state index contributed by atoms with van der Waals surface area (Å²) in [6, 6.07) is -0.411. The first-order valence-corrected chi connectivity index (χ1v) is 5.94. The van der Waals surface area contributed by atoms with E-state index in [9.17, 15) is 9.59 Å². The monoisotopic (exact) mass is 241 g/mol. The summed E-state index contributed by atoms with van der Waals surface area (Å²) in [5.74, 6) is -0.0396. The van der Waals surface area contributed by atoms with Gasteiger partial charge in [-0.15, -0.1) is 0 Å². The molecule has 0 saturated carbocycles. The van der Waals surface area contributed by atoms with Gasteiger partial charge in [0, 0.05) is 13.1 Å². The highest BCUT2D eigenvalue weighted by atomic mass is 16.2. The van der Waals surface area contributed by atoms with E-state index in [0.717, 1.165) is 6.54 Å². The summed E-state index contributed by atoms with van der Waals surface area (Å²) >= 11 is 0. The Hall–Kier alpha value is -1.10. The minimum atomic E-state index is -0.411. The van der Waals surface area contributed by atoms with Gasteiger partial charge in [-0.05, 0) is 19.5 Å². The van der Waals surface area contributed by atoms with Crippen LogP contribution in [-0.2, 0) is 9.59 Å². The van der Waals surface area contributed by atoms with Crippen LogP contribution in [0.15, 0.2) is 0 Å². The number of amides is 2. The molecule has 2 amide bonds. The van der Waals surface area contributed by atoms with E-state index in [0.29, 0.717) is 6.54 Å². The fourth-order valence-corrected chi connectivity index (χ4v) is 1.80. The van der Waals surface area contributed by atoms with E-state index in [1.54, 1.807) is 4.90 Å². The van der Waals surface area contributed by atoms with Gasteiger partial charge in [-0.2, -0.15) is 0 Å². The Bertz CT molecular complexity index is 307. The zero-order chi connectivity index (χ0) is 13.2. The van der Waals surface area contributed by atoms with Crippen LogP contribution in [0.3, 0.4) is 0 Å². The molecule has 1 heterocycles. The Balaban J connectivity index is 2.72. The van der Waals surface area contributed by atoms with Crippen molar-refractivity contribution in [2.45, 2.75) is 26.8 Å². The number of rotatable bonds is 3. The lowest BCUT2D eigenvalue weighted by Gasteiger charge is -2.39. The van der Waals surface area contributed by atoms with Gasteiger partial charge in [0.25, 0.3) is 0 Å². The average Bonchev–Trinajstić information content (AvgIpc) is 2.17. The van der Waals surface area contributed by atoms with E-state index < -0.39 is 6.04 Å². The third-order valence-corrected chi connectivity index (χ3v) is 2.88. The molecule has 1 fully saturated rings. The number of piperazine rings is 1. The molecule has 1 N–H and O–H groups in total. The molecule has 1 rings (SSSR count). The molecule has 17 heavy (non-hydrogen) atoms. The molecule has 0 aromatic carbocycles. The molecule has 0 aliphatic carbocycles. The van der Waals surface area contributed by atoms with Crippen molar-refractivity contribution in [3.63, 3.8) is 0 Å². The SMILES string of the molecule is CN(C)CCN1CC(=O)N[C@@H](C(C)(C)C)C1=O. The number of carbonyl (C=O) groups excluding carboxylic acids is 2. The highest BCUT2D eigenvalue weighted by molar-refractivity contribution is 5.95. The molecule has 98 valence electrons. The summed E-state index contributed by atoms with van der Waals surface area (Å²) in [4.78, 5) is 27.5. The van der Waals surface area contributed by atoms with Gasteiger partial charge in [0.2, 0.25) is 11.8 Å². The molecule has 5 nitrogen and oxygen atoms in total. The summed E-state index contributed by atoms with van der Waals surface area (Å²) in [5, 5.41) is 2.78. The smallest absolute Gasteiger partial charge is 0.246 e. The van der Waals surface area contributed by atoms with Crippen molar-refractivity contribution in [3.8, 4) is 0 Å². The second-order valence-corrected chi connectivity index (χ2v) is 5.93. The van der Waals surface area contributed by atoms with Crippen LogP contribution in [0.1, 0.15) is 20.8 Å². The predicted molar refractivity (Wildman–Crippen MR) is 66.5 cm³/mol. The van der Waals surface area contributed by atoms with Crippen molar-refractivity contribution < 1.29 is 9.59 Å². The number of hydrogen-bond acceptors (Lipinski definition) is 3. The highest BCUT2D eigenvalue weighted by Gasteiger charge is 2.39. The Morgan fingerprint density at radius 3 is 2.41 bits per heavy atom. The Morgan fingerprint density at radius 1 is 1.35 bits per heavy atom. The third-order valence-electron chi connectivity index (χ3n) is 2.88. The maximum atomic E-state index is 12.2. The van der Waals surface area contributed by atoms with Crippen LogP contribution in [0.25, 0.3) is 0 Å². The van der Waals surface area contributed by atoms with Gasteiger partial charge >= 0.3 is 0 Å². The van der Waals surface area contributed by atoms with E-state index >= 15 is 0 Å². The first-order valence-electron chi connectivity index (χ1n) is 5.94. The molecular formula is C12H23N3O2. The molecule has 0 spiro atoms. The third kappa shape index (κ3) is 3.70. The van der Waals surface area contributed by atoms with E-state index in [2.05, 4.69) is 5.32 Å². The molecule has 5 heteroatoms. The minimum absolute atomic E-state index is 0.0268. The van der Waals surface area contributed by atoms with Crippen LogP contribution in [0.4, 0.5) is 0 Å². The maximum Gasteiger partial charge on any atom is 0.246 e. The number of likely N-dealkylation sites (N-methyl/N-ethyl adjacent to an activating group) is 1. The van der Waals surface area contributed by atoms with E-state index in [1.807, 2.05) is 39.8 Å². The van der Waals surface area contributed by atoms with Gasteiger partial charge in [0.15, 0.2) is 0 Å². The summed E-state index contributed by atoms with van der Waals surface area (Å²) < 4.78 is 0. The lowest BCUT2D eigenvalue weighted by Crippen LogP contribution is -2.62. The van der Waals surface area contributed by atoms with E-state index in [1.165, 1.54) is 0 Å². The van der Waals surface area contributed by atoms with Gasteiger partial charge < -0.3 is 15.1 Å². The van der Waals surface area contributed by atoms with Crippen LogP contribution in [0.5, 0.6) is 0 Å². The van der Waals surface area contributed by atoms with Crippen LogP contribution in [0, 0.1) is 5.41 Å². The molecule has 0 unspecified atom stereocenters. The second kappa shape index (κ2) is 5.04. The zero-order valence-electron chi connectivity index (χ0n) is 11.4. The molecule has 0 aromatic rings. The lowest BCUT2D eigenvalue weighted by molar-refractivity contribution is -0.147. The zero-order valence-corrected chi connectivity index (χ0v) is 11.4. The van der Waals surface area contributed by atoms with Crippen molar-refractivity contribution in [1.29, 1.82) is 0 Å². The normalized spacial score (nSPS) is 22.0. The first-order chi connectivity index (χ1) is 7.71. The Morgan fingerprint density at radius 2 is 1.94 bits per heavy atom. The number of nitrogens with zero attached hydrogens (tertiary/aromatic N) is 2. The molecule has 1 saturated heterocycles. The fourth-order valence-electron chi connectivity index (χ4n) is 1.80. The van der Waals surface area contributed by atoms with Gasteiger partial charge in [0.1, 0.15) is 6.04 Å². The topological polar surface area (TPSA) is 52.6 Å². The van der Waals surface area contributed by atoms with Gasteiger partial charge in [-0.25, -0.2) is 0 Å². The minimum Gasteiger partial charge on any atom is -0.342 e. The van der Waals surface area contributed by atoms with E-state index in [4.69, 9.17) is 0 Å². The molecule has 1 atom stereocenters. The molecule has 0 bridgehead atoms. The van der Waals surface area contributed by atoms with Crippen molar-refractivity contribution in [2.75, 3.05) is 33.7 Å². The van der Waals surface area contributed by atoms with Gasteiger partial charge in [-0.1, -0.05) is 20.8 Å². The lowest BCUT2D eigenvalue weighted by atomic mass is 9.85. The second-order valence-electron chi connectivity index (χ2n) is 5.93. The number of hydrogen-bond donors (Lipinski definition) is 1. The fraction of sp³-hybridized carbons (Fsp3) is 0.833. The molecule has 0 aromatic heterocycles. The standard InChI is InChI=1S/C12H23N3O2/c1-12(2,3)10-11(17)15(7-6-14(4)5)8-9(16)13-10/h10H,6-8H2,1-5H3,(H,13,16)/t10-/m1/s1. The van der Waals surface area contributed by atoms with Crippen LogP contribution >= 0.6 is 0 Å². The average molecular weight is 241 g/mol. The van der Waals surface area contributed by atoms with Crippen LogP contribution in [0.2, 0.25) is 0 Å². The van der Waals surface area contributed by atoms with Gasteiger partial charge in [0.05, 0.1) is 6.54 Å². The number of nitrogens with one attached hydrogen (secondary N) is 1. The highest BCUT2D eigenvalue weighted by Crippen LogP contribution is 2.22. The summed E-state index contributed by atoms with van der Waals surface area (Å²) in [6.45, 7) is 7.45. The van der Waals surface area contributed by atoms with Crippen LogP contribution in [-0.4, -0.2) is 61.4 Å². The summed E-state index contributed by atoms with van der Waals surface area (Å²) in [6.07, 6.45) is 0. The van der Waals surface area contributed by atoms with Crippen molar-refractivity contribution in [3.05, 3.63) is 0 Å². The largest absolute Gasteiger partial charge is 0.342 e. The molecule has 1 aliphatic heterocycles. The Labute approximate surface area is 103 Å². The molecule has 1 aliphatic rings. The summed E-state index contributed by atoms with van der Waals surface area (Å²) in [7, 11) is 3.91. The van der Waals surface area contributed by atoms with Gasteiger partial charge in [-0.3, -0.25) is 9.59 Å².